The number of thiophene rings is 2. The van der Waals surface area contributed by atoms with E-state index in [1.54, 1.807) is 22.7 Å². The predicted molar refractivity (Wildman–Crippen MR) is 175 cm³/mol. The number of fused-ring (bicyclic) bond motifs is 7. The molecule has 0 spiro atoms. The van der Waals surface area contributed by atoms with E-state index in [0.717, 1.165) is 0 Å². The Morgan fingerprint density at radius 1 is 0.385 bits per heavy atom. The molecular formula is C36H20S2Se. The quantitative estimate of drug-likeness (QED) is 0.138. The summed E-state index contributed by atoms with van der Waals surface area (Å²) in [6.45, 7) is 0. The molecule has 3 heterocycles. The first-order valence-corrected chi connectivity index (χ1v) is 16.5. The first kappa shape index (κ1) is 22.1. The molecule has 0 aliphatic carbocycles. The van der Waals surface area contributed by atoms with Crippen LogP contribution in [0.15, 0.2) is 120 Å². The van der Waals surface area contributed by atoms with Gasteiger partial charge in [0.1, 0.15) is 0 Å². The van der Waals surface area contributed by atoms with E-state index in [2.05, 4.69) is 120 Å². The van der Waals surface area contributed by atoms with Crippen molar-refractivity contribution >= 4 is 99.6 Å². The van der Waals surface area contributed by atoms with Crippen LogP contribution in [0.1, 0.15) is 0 Å². The third-order valence-electron chi connectivity index (χ3n) is 7.91. The van der Waals surface area contributed by atoms with Crippen molar-refractivity contribution in [1.82, 2.24) is 0 Å². The maximum absolute atomic E-state index is 2.45. The summed E-state index contributed by atoms with van der Waals surface area (Å²) in [7, 11) is 0. The Kier molecular flexibility index (Phi) is 4.76. The van der Waals surface area contributed by atoms with Crippen LogP contribution in [0.25, 0.3) is 83.3 Å². The van der Waals surface area contributed by atoms with Gasteiger partial charge in [0.25, 0.3) is 0 Å². The summed E-state index contributed by atoms with van der Waals surface area (Å²) in [5.74, 6) is 0. The normalized spacial score (nSPS) is 12.1. The van der Waals surface area contributed by atoms with Crippen LogP contribution in [0.5, 0.6) is 0 Å². The number of benzene rings is 6. The zero-order chi connectivity index (χ0) is 25.5. The maximum atomic E-state index is 2.45. The van der Waals surface area contributed by atoms with E-state index in [1.807, 2.05) is 0 Å². The Bertz CT molecular complexity index is 2200. The summed E-state index contributed by atoms with van der Waals surface area (Å²) in [6, 6.07) is 41.7. The van der Waals surface area contributed by atoms with Crippen LogP contribution < -0.4 is 0 Å². The van der Waals surface area contributed by atoms with Crippen LogP contribution in [0.4, 0.5) is 0 Å². The first-order valence-electron chi connectivity index (χ1n) is 13.0. The summed E-state index contributed by atoms with van der Waals surface area (Å²) < 4.78 is 3.00. The molecule has 182 valence electrons. The van der Waals surface area contributed by atoms with Gasteiger partial charge in [-0.25, -0.2) is 0 Å². The van der Waals surface area contributed by atoms with E-state index in [0.29, 0.717) is 14.5 Å². The van der Waals surface area contributed by atoms with Crippen LogP contribution in [0, 0.1) is 0 Å². The summed E-state index contributed by atoms with van der Waals surface area (Å²) in [5, 5.41) is 17.7. The molecule has 0 atom stereocenters. The van der Waals surface area contributed by atoms with Gasteiger partial charge in [-0.1, -0.05) is 0 Å². The van der Waals surface area contributed by atoms with Gasteiger partial charge in [0.15, 0.2) is 0 Å². The Hall–Kier alpha value is -3.72. The van der Waals surface area contributed by atoms with Crippen LogP contribution in [0.2, 0.25) is 0 Å². The third-order valence-corrected chi connectivity index (χ3v) is 12.1. The molecule has 9 rings (SSSR count). The van der Waals surface area contributed by atoms with Crippen LogP contribution >= 0.6 is 22.7 Å². The van der Waals surface area contributed by atoms with Crippen molar-refractivity contribution in [3.05, 3.63) is 120 Å². The molecule has 0 nitrogen and oxygen atoms in total. The summed E-state index contributed by atoms with van der Waals surface area (Å²) in [4.78, 5) is 2.65. The molecule has 0 fully saturated rings. The van der Waals surface area contributed by atoms with Gasteiger partial charge in [-0.2, -0.15) is 0 Å². The van der Waals surface area contributed by atoms with Crippen molar-refractivity contribution < 1.29 is 0 Å². The molecule has 0 saturated heterocycles. The van der Waals surface area contributed by atoms with E-state index in [-0.39, 0.29) is 0 Å². The van der Waals surface area contributed by atoms with Crippen LogP contribution in [-0.2, 0) is 0 Å². The van der Waals surface area contributed by atoms with Crippen molar-refractivity contribution in [1.29, 1.82) is 0 Å². The predicted octanol–water partition coefficient (Wildman–Crippen LogP) is 11.1. The van der Waals surface area contributed by atoms with E-state index in [1.165, 1.54) is 83.3 Å². The van der Waals surface area contributed by atoms with Crippen LogP contribution in [-0.4, -0.2) is 14.5 Å². The number of hydrogen-bond donors (Lipinski definition) is 0. The van der Waals surface area contributed by atoms with Crippen molar-refractivity contribution in [3.63, 3.8) is 0 Å². The fourth-order valence-electron chi connectivity index (χ4n) is 5.96. The molecule has 9 aromatic rings. The van der Waals surface area contributed by atoms with Crippen molar-refractivity contribution in [2.75, 3.05) is 0 Å². The molecule has 0 N–H and O–H groups in total. The molecule has 3 heteroatoms. The minimum atomic E-state index is 0.314. The molecule has 0 radical (unpaired) electrons. The summed E-state index contributed by atoms with van der Waals surface area (Å²) in [5.41, 5.74) is 2.60. The first-order chi connectivity index (χ1) is 19.2. The standard InChI is InChI=1S/C36H20S2Se/c1-3-33(37-9-1)23-7-5-21-11-27-17-31-32-18-28-12-22-6-8-24(34-4-2-10-38-34)14-26(22)16-30(28)20-36(32)39-35(31)19-29(27)15-25(21)13-23/h1-20H. The Morgan fingerprint density at radius 3 is 1.28 bits per heavy atom. The number of rotatable bonds is 2. The fraction of sp³-hybridized carbons (Fsp3) is 0. The fourth-order valence-corrected chi connectivity index (χ4v) is 9.85. The van der Waals surface area contributed by atoms with E-state index in [9.17, 15) is 0 Å². The molecule has 0 aliphatic heterocycles. The molecular weight excluding hydrogens is 575 g/mol. The van der Waals surface area contributed by atoms with Gasteiger partial charge in [-0.05, 0) is 0 Å². The summed E-state index contributed by atoms with van der Waals surface area (Å²) in [6.07, 6.45) is 0. The molecule has 0 unspecified atom stereocenters. The van der Waals surface area contributed by atoms with Gasteiger partial charge in [0.2, 0.25) is 0 Å². The average molecular weight is 596 g/mol. The molecule has 0 saturated carbocycles. The Labute approximate surface area is 239 Å². The second kappa shape index (κ2) is 8.39. The molecule has 39 heavy (non-hydrogen) atoms. The molecule has 0 aliphatic rings. The topological polar surface area (TPSA) is 0 Å². The van der Waals surface area contributed by atoms with Gasteiger partial charge in [-0.15, -0.1) is 0 Å². The molecule has 0 amide bonds. The molecule has 3 aromatic heterocycles. The van der Waals surface area contributed by atoms with Crippen molar-refractivity contribution in [2.45, 2.75) is 0 Å². The average Bonchev–Trinajstić information content (AvgIpc) is 3.74. The SMILES string of the molecule is c1csc(-c2ccc3cc4cc5c(cc4cc3c2)[se]c2cc3cc4cc(-c6cccs6)ccc4cc3cc25)c1. The minimum absolute atomic E-state index is 0.314. The second-order valence-corrected chi connectivity index (χ2v) is 14.4. The van der Waals surface area contributed by atoms with Gasteiger partial charge in [-0.3, -0.25) is 0 Å². The second-order valence-electron chi connectivity index (χ2n) is 10.3. The zero-order valence-electron chi connectivity index (χ0n) is 20.8. The van der Waals surface area contributed by atoms with Gasteiger partial charge >= 0.3 is 240 Å². The van der Waals surface area contributed by atoms with Crippen molar-refractivity contribution in [2.24, 2.45) is 0 Å². The van der Waals surface area contributed by atoms with Crippen molar-refractivity contribution in [3.8, 4) is 20.9 Å². The monoisotopic (exact) mass is 596 g/mol. The molecule has 6 aromatic carbocycles. The van der Waals surface area contributed by atoms with Crippen LogP contribution in [0.3, 0.4) is 0 Å². The summed E-state index contributed by atoms with van der Waals surface area (Å²) >= 11 is 3.92. The van der Waals surface area contributed by atoms with Gasteiger partial charge < -0.3 is 0 Å². The molecule has 0 bridgehead atoms. The zero-order valence-corrected chi connectivity index (χ0v) is 24.1. The Balaban J connectivity index is 1.23. The van der Waals surface area contributed by atoms with Gasteiger partial charge in [0, 0.05) is 0 Å². The van der Waals surface area contributed by atoms with Gasteiger partial charge in [0.05, 0.1) is 0 Å². The number of hydrogen-bond acceptors (Lipinski definition) is 2. The van der Waals surface area contributed by atoms with E-state index in [4.69, 9.17) is 0 Å². The third kappa shape index (κ3) is 3.55. The van der Waals surface area contributed by atoms with E-state index < -0.39 is 0 Å². The van der Waals surface area contributed by atoms with E-state index >= 15 is 0 Å². The Morgan fingerprint density at radius 2 is 0.821 bits per heavy atom.